The van der Waals surface area contributed by atoms with Gasteiger partial charge in [-0.25, -0.2) is 14.4 Å². The average Bonchev–Trinajstić information content (AvgIpc) is 2.48. The summed E-state index contributed by atoms with van der Waals surface area (Å²) in [7, 11) is 0. The number of ether oxygens (including phenoxy) is 1. The van der Waals surface area contributed by atoms with Crippen LogP contribution in [-0.4, -0.2) is 23.1 Å². The molecular formula is C16H20FN3O. The zero-order chi connectivity index (χ0) is 15.2. The Balaban J connectivity index is 2.40. The highest BCUT2D eigenvalue weighted by Crippen LogP contribution is 2.22. The summed E-state index contributed by atoms with van der Waals surface area (Å²) in [6, 6.07) is 6.84. The summed E-state index contributed by atoms with van der Waals surface area (Å²) in [6.07, 6.45) is 0. The summed E-state index contributed by atoms with van der Waals surface area (Å²) >= 11 is 0. The van der Waals surface area contributed by atoms with Crippen molar-refractivity contribution in [3.05, 3.63) is 41.5 Å². The van der Waals surface area contributed by atoms with Crippen molar-refractivity contribution >= 4 is 5.82 Å². The smallest absolute Gasteiger partial charge is 0.157 e. The molecule has 0 fully saturated rings. The molecule has 1 aromatic carbocycles. The quantitative estimate of drug-likeness (QED) is 0.883. The van der Waals surface area contributed by atoms with Crippen LogP contribution in [0.3, 0.4) is 0 Å². The monoisotopic (exact) mass is 289 g/mol. The molecule has 5 heteroatoms. The molecule has 0 saturated heterocycles. The van der Waals surface area contributed by atoms with Crippen LogP contribution in [0.5, 0.6) is 0 Å². The van der Waals surface area contributed by atoms with Gasteiger partial charge in [0.2, 0.25) is 0 Å². The maximum Gasteiger partial charge on any atom is 0.157 e. The molecule has 1 aromatic heterocycles. The molecule has 0 amide bonds. The standard InChI is InChI=1S/C16H20FN3O/c1-4-18-15-9-14(19-16(20-15)10-21-5-2)12-6-7-13(17)11(3)8-12/h6-9H,4-5,10H2,1-3H3,(H,18,19,20). The summed E-state index contributed by atoms with van der Waals surface area (Å²) in [4.78, 5) is 8.90. The van der Waals surface area contributed by atoms with Crippen LogP contribution >= 0.6 is 0 Å². The Morgan fingerprint density at radius 3 is 2.67 bits per heavy atom. The Morgan fingerprint density at radius 1 is 1.19 bits per heavy atom. The number of benzene rings is 1. The third kappa shape index (κ3) is 3.98. The van der Waals surface area contributed by atoms with Gasteiger partial charge in [-0.15, -0.1) is 0 Å². The highest BCUT2D eigenvalue weighted by atomic mass is 19.1. The lowest BCUT2D eigenvalue weighted by atomic mass is 10.1. The number of aryl methyl sites for hydroxylation is 1. The summed E-state index contributed by atoms with van der Waals surface area (Å²) in [5, 5.41) is 3.18. The van der Waals surface area contributed by atoms with Crippen LogP contribution < -0.4 is 5.32 Å². The first-order chi connectivity index (χ1) is 10.1. The molecule has 0 radical (unpaired) electrons. The number of nitrogens with zero attached hydrogens (tertiary/aromatic N) is 2. The van der Waals surface area contributed by atoms with Crippen LogP contribution in [0, 0.1) is 12.7 Å². The lowest BCUT2D eigenvalue weighted by Crippen LogP contribution is -2.06. The van der Waals surface area contributed by atoms with Crippen molar-refractivity contribution in [2.45, 2.75) is 27.4 Å². The van der Waals surface area contributed by atoms with Gasteiger partial charge in [-0.3, -0.25) is 0 Å². The van der Waals surface area contributed by atoms with Crippen molar-refractivity contribution in [1.29, 1.82) is 0 Å². The molecule has 4 nitrogen and oxygen atoms in total. The minimum absolute atomic E-state index is 0.214. The van der Waals surface area contributed by atoms with Crippen molar-refractivity contribution in [2.75, 3.05) is 18.5 Å². The SMILES string of the molecule is CCNc1cc(-c2ccc(F)c(C)c2)nc(COCC)n1. The fourth-order valence-electron chi connectivity index (χ4n) is 1.98. The Morgan fingerprint density at radius 2 is 2.00 bits per heavy atom. The number of anilines is 1. The van der Waals surface area contributed by atoms with E-state index in [1.807, 2.05) is 19.9 Å². The fourth-order valence-corrected chi connectivity index (χ4v) is 1.98. The van der Waals surface area contributed by atoms with E-state index in [4.69, 9.17) is 4.74 Å². The van der Waals surface area contributed by atoms with Gasteiger partial charge in [-0.05, 0) is 44.5 Å². The topological polar surface area (TPSA) is 47.0 Å². The summed E-state index contributed by atoms with van der Waals surface area (Å²) in [5.74, 6) is 1.15. The van der Waals surface area contributed by atoms with E-state index in [0.717, 1.165) is 23.6 Å². The second kappa shape index (κ2) is 7.13. The number of hydrogen-bond donors (Lipinski definition) is 1. The van der Waals surface area contributed by atoms with Crippen LogP contribution in [0.15, 0.2) is 24.3 Å². The summed E-state index contributed by atoms with van der Waals surface area (Å²) in [5.41, 5.74) is 2.23. The molecule has 0 aliphatic carbocycles. The molecule has 0 saturated carbocycles. The van der Waals surface area contributed by atoms with E-state index in [1.54, 1.807) is 19.1 Å². The van der Waals surface area contributed by atoms with Gasteiger partial charge in [-0.1, -0.05) is 0 Å². The number of rotatable bonds is 6. The highest BCUT2D eigenvalue weighted by molar-refractivity contribution is 5.63. The van der Waals surface area contributed by atoms with E-state index in [2.05, 4.69) is 15.3 Å². The largest absolute Gasteiger partial charge is 0.374 e. The molecule has 0 atom stereocenters. The van der Waals surface area contributed by atoms with E-state index >= 15 is 0 Å². The maximum absolute atomic E-state index is 13.4. The average molecular weight is 289 g/mol. The normalized spacial score (nSPS) is 10.7. The Kier molecular flexibility index (Phi) is 5.22. The van der Waals surface area contributed by atoms with Crippen LogP contribution in [0.1, 0.15) is 25.2 Å². The molecular weight excluding hydrogens is 269 g/mol. The summed E-state index contributed by atoms with van der Waals surface area (Å²) < 4.78 is 18.8. The number of halogens is 1. The van der Waals surface area contributed by atoms with E-state index in [0.29, 0.717) is 24.6 Å². The van der Waals surface area contributed by atoms with E-state index in [9.17, 15) is 4.39 Å². The van der Waals surface area contributed by atoms with Crippen molar-refractivity contribution in [3.8, 4) is 11.3 Å². The summed E-state index contributed by atoms with van der Waals surface area (Å²) in [6.45, 7) is 7.42. The Hall–Kier alpha value is -2.01. The minimum Gasteiger partial charge on any atom is -0.374 e. The predicted molar refractivity (Wildman–Crippen MR) is 81.7 cm³/mol. The Bertz CT molecular complexity index is 616. The lowest BCUT2D eigenvalue weighted by Gasteiger charge is -2.10. The first-order valence-corrected chi connectivity index (χ1v) is 7.10. The molecule has 1 heterocycles. The molecule has 0 unspecified atom stereocenters. The van der Waals surface area contributed by atoms with Crippen LogP contribution in [-0.2, 0) is 11.3 Å². The van der Waals surface area contributed by atoms with Gasteiger partial charge in [0, 0.05) is 24.8 Å². The minimum atomic E-state index is -0.214. The highest BCUT2D eigenvalue weighted by Gasteiger charge is 2.08. The zero-order valence-electron chi connectivity index (χ0n) is 12.6. The third-order valence-electron chi connectivity index (χ3n) is 3.02. The second-order valence-corrected chi connectivity index (χ2v) is 4.69. The van der Waals surface area contributed by atoms with Gasteiger partial charge in [0.25, 0.3) is 0 Å². The van der Waals surface area contributed by atoms with E-state index in [1.165, 1.54) is 6.07 Å². The molecule has 2 aromatic rings. The first kappa shape index (κ1) is 15.4. The zero-order valence-corrected chi connectivity index (χ0v) is 12.6. The van der Waals surface area contributed by atoms with Crippen LogP contribution in [0.2, 0.25) is 0 Å². The van der Waals surface area contributed by atoms with Gasteiger partial charge >= 0.3 is 0 Å². The maximum atomic E-state index is 13.4. The van der Waals surface area contributed by atoms with E-state index in [-0.39, 0.29) is 5.82 Å². The van der Waals surface area contributed by atoms with Crippen molar-refractivity contribution < 1.29 is 9.13 Å². The Labute approximate surface area is 124 Å². The predicted octanol–water partition coefficient (Wildman–Crippen LogP) is 3.56. The van der Waals surface area contributed by atoms with Gasteiger partial charge in [-0.2, -0.15) is 0 Å². The first-order valence-electron chi connectivity index (χ1n) is 7.10. The number of aromatic nitrogens is 2. The number of hydrogen-bond acceptors (Lipinski definition) is 4. The molecule has 2 rings (SSSR count). The molecule has 0 spiro atoms. The van der Waals surface area contributed by atoms with Gasteiger partial charge in [0.15, 0.2) is 5.82 Å². The lowest BCUT2D eigenvalue weighted by molar-refractivity contribution is 0.128. The van der Waals surface area contributed by atoms with Crippen molar-refractivity contribution in [1.82, 2.24) is 9.97 Å². The fraction of sp³-hybridized carbons (Fsp3) is 0.375. The molecule has 0 bridgehead atoms. The van der Waals surface area contributed by atoms with Crippen molar-refractivity contribution in [3.63, 3.8) is 0 Å². The van der Waals surface area contributed by atoms with E-state index < -0.39 is 0 Å². The van der Waals surface area contributed by atoms with Gasteiger partial charge in [0.05, 0.1) is 5.69 Å². The van der Waals surface area contributed by atoms with Crippen LogP contribution in [0.4, 0.5) is 10.2 Å². The molecule has 112 valence electrons. The molecule has 0 aliphatic rings. The van der Waals surface area contributed by atoms with Crippen LogP contribution in [0.25, 0.3) is 11.3 Å². The van der Waals surface area contributed by atoms with Crippen molar-refractivity contribution in [2.24, 2.45) is 0 Å². The van der Waals surface area contributed by atoms with Gasteiger partial charge in [0.1, 0.15) is 18.2 Å². The third-order valence-corrected chi connectivity index (χ3v) is 3.02. The number of nitrogens with one attached hydrogen (secondary N) is 1. The molecule has 21 heavy (non-hydrogen) atoms. The molecule has 0 aliphatic heterocycles. The second-order valence-electron chi connectivity index (χ2n) is 4.69. The molecule has 1 N–H and O–H groups in total. The van der Waals surface area contributed by atoms with Gasteiger partial charge < -0.3 is 10.1 Å².